The lowest BCUT2D eigenvalue weighted by Crippen LogP contribution is -2.34. The molecule has 2 nitrogen and oxygen atoms in total. The Balaban J connectivity index is 1.57. The Morgan fingerprint density at radius 2 is 1.00 bits per heavy atom. The Morgan fingerprint density at radius 3 is 1.39 bits per heavy atom. The first-order valence-corrected chi connectivity index (χ1v) is 19.7. The molecule has 0 radical (unpaired) electrons. The van der Waals surface area contributed by atoms with Crippen molar-refractivity contribution in [3.63, 3.8) is 0 Å². The third-order valence-corrected chi connectivity index (χ3v) is 17.8. The van der Waals surface area contributed by atoms with Gasteiger partial charge < -0.3 is 9.47 Å². The quantitative estimate of drug-likeness (QED) is 0.269. The van der Waals surface area contributed by atoms with Crippen LogP contribution >= 0.6 is 15.8 Å². The number of aryl methyl sites for hydroxylation is 4. The van der Waals surface area contributed by atoms with Crippen LogP contribution in [0.3, 0.4) is 0 Å². The molecular formula is C37H56O2P2. The van der Waals surface area contributed by atoms with Crippen LogP contribution in [-0.2, 0) is 0 Å². The number of hydrogen-bond donors (Lipinski definition) is 0. The van der Waals surface area contributed by atoms with Crippen LogP contribution in [0.4, 0.5) is 0 Å². The first kappa shape index (κ1) is 31.3. The van der Waals surface area contributed by atoms with Crippen LogP contribution in [0.5, 0.6) is 11.5 Å². The molecular weight excluding hydrogens is 538 g/mol. The van der Waals surface area contributed by atoms with E-state index in [-0.39, 0.29) is 7.92 Å². The van der Waals surface area contributed by atoms with Gasteiger partial charge in [0, 0.05) is 0 Å². The van der Waals surface area contributed by atoms with Crippen molar-refractivity contribution in [2.75, 3.05) is 14.2 Å². The van der Waals surface area contributed by atoms with Crippen molar-refractivity contribution in [3.8, 4) is 11.5 Å². The lowest BCUT2D eigenvalue weighted by molar-refractivity contribution is 0.408. The Labute approximate surface area is 254 Å². The van der Waals surface area contributed by atoms with E-state index in [0.717, 1.165) is 40.1 Å². The maximum Gasteiger partial charge on any atom is 0.124 e. The van der Waals surface area contributed by atoms with Crippen LogP contribution in [0.15, 0.2) is 24.3 Å². The topological polar surface area (TPSA) is 18.5 Å². The van der Waals surface area contributed by atoms with Gasteiger partial charge in [-0.15, -0.1) is 0 Å². The molecule has 5 rings (SSSR count). The minimum absolute atomic E-state index is 0.0715. The predicted molar refractivity (Wildman–Crippen MR) is 182 cm³/mol. The van der Waals surface area contributed by atoms with Crippen LogP contribution < -0.4 is 20.1 Å². The fourth-order valence-corrected chi connectivity index (χ4v) is 17.5. The predicted octanol–water partition coefficient (Wildman–Crippen LogP) is 10.1. The zero-order valence-electron chi connectivity index (χ0n) is 27.1. The highest BCUT2D eigenvalue weighted by Gasteiger charge is 2.44. The summed E-state index contributed by atoms with van der Waals surface area (Å²) in [5.74, 6) is 2.96. The molecule has 0 heterocycles. The Bertz CT molecular complexity index is 1040. The molecule has 0 aromatic heterocycles. The molecule has 3 aliphatic carbocycles. The third kappa shape index (κ3) is 6.70. The van der Waals surface area contributed by atoms with Crippen LogP contribution in [0.1, 0.15) is 113 Å². The summed E-state index contributed by atoms with van der Waals surface area (Å²) >= 11 is 0. The SMILES string of the molecule is COc1c(C)cc(P(c2cc(C)c(OC)c(C)c2)C2CCCC2[C@@H](C)P(C2CCCCC2)C2CCCCC2)cc1C. The van der Waals surface area contributed by atoms with E-state index in [1.165, 1.54) is 106 Å². The third-order valence-electron chi connectivity index (χ3n) is 10.8. The molecule has 0 bridgehead atoms. The van der Waals surface area contributed by atoms with Gasteiger partial charge in [-0.1, -0.05) is 59.8 Å². The zero-order valence-corrected chi connectivity index (χ0v) is 28.9. The van der Waals surface area contributed by atoms with Gasteiger partial charge in [-0.05, 0) is 160 Å². The van der Waals surface area contributed by atoms with Gasteiger partial charge >= 0.3 is 0 Å². The smallest absolute Gasteiger partial charge is 0.124 e. The van der Waals surface area contributed by atoms with E-state index in [2.05, 4.69) is 58.9 Å². The molecule has 3 fully saturated rings. The lowest BCUT2D eigenvalue weighted by Gasteiger charge is -2.46. The first-order chi connectivity index (χ1) is 19.8. The number of hydrogen-bond acceptors (Lipinski definition) is 2. The van der Waals surface area contributed by atoms with Gasteiger partial charge in [0.2, 0.25) is 0 Å². The van der Waals surface area contributed by atoms with Crippen molar-refractivity contribution in [3.05, 3.63) is 46.5 Å². The number of rotatable bonds is 9. The summed E-state index contributed by atoms with van der Waals surface area (Å²) in [6.45, 7) is 11.7. The van der Waals surface area contributed by atoms with E-state index in [0.29, 0.717) is 0 Å². The molecule has 0 N–H and O–H groups in total. The Kier molecular flexibility index (Phi) is 10.8. The zero-order chi connectivity index (χ0) is 29.1. The molecule has 0 aliphatic heterocycles. The highest BCUT2D eigenvalue weighted by Crippen LogP contribution is 2.64. The lowest BCUT2D eigenvalue weighted by atomic mass is 9.99. The van der Waals surface area contributed by atoms with Crippen molar-refractivity contribution in [1.29, 1.82) is 0 Å². The molecule has 0 spiro atoms. The molecule has 3 atom stereocenters. The molecule has 226 valence electrons. The second-order valence-electron chi connectivity index (χ2n) is 13.5. The van der Waals surface area contributed by atoms with Crippen molar-refractivity contribution in [2.45, 2.75) is 141 Å². The number of methoxy groups -OCH3 is 2. The highest BCUT2D eigenvalue weighted by molar-refractivity contribution is 7.73. The molecule has 0 amide bonds. The maximum atomic E-state index is 5.83. The normalized spacial score (nSPS) is 23.3. The van der Waals surface area contributed by atoms with Crippen molar-refractivity contribution < 1.29 is 9.47 Å². The van der Waals surface area contributed by atoms with Crippen molar-refractivity contribution in [2.24, 2.45) is 5.92 Å². The average molecular weight is 595 g/mol. The van der Waals surface area contributed by atoms with Gasteiger partial charge in [-0.2, -0.15) is 0 Å². The van der Waals surface area contributed by atoms with Gasteiger partial charge in [-0.25, -0.2) is 0 Å². The van der Waals surface area contributed by atoms with Gasteiger partial charge in [-0.3, -0.25) is 0 Å². The van der Waals surface area contributed by atoms with Crippen LogP contribution in [0, 0.1) is 33.6 Å². The summed E-state index contributed by atoms with van der Waals surface area (Å²) in [5.41, 5.74) is 8.83. The van der Waals surface area contributed by atoms with Crippen LogP contribution in [0.2, 0.25) is 0 Å². The molecule has 4 heteroatoms. The van der Waals surface area contributed by atoms with E-state index in [4.69, 9.17) is 9.47 Å². The van der Waals surface area contributed by atoms with E-state index >= 15 is 0 Å². The van der Waals surface area contributed by atoms with Crippen molar-refractivity contribution in [1.82, 2.24) is 0 Å². The minimum Gasteiger partial charge on any atom is -0.496 e. The molecule has 0 saturated heterocycles. The largest absolute Gasteiger partial charge is 0.496 e. The second-order valence-corrected chi connectivity index (χ2v) is 19.1. The van der Waals surface area contributed by atoms with E-state index in [1.807, 2.05) is 14.2 Å². The molecule has 41 heavy (non-hydrogen) atoms. The minimum atomic E-state index is -0.484. The van der Waals surface area contributed by atoms with Crippen LogP contribution in [-0.4, -0.2) is 36.9 Å². The summed E-state index contributed by atoms with van der Waals surface area (Å²) in [5, 5.41) is 3.12. The molecule has 2 unspecified atom stereocenters. The number of ether oxygens (including phenoxy) is 2. The van der Waals surface area contributed by atoms with Crippen LogP contribution in [0.25, 0.3) is 0 Å². The van der Waals surface area contributed by atoms with E-state index in [9.17, 15) is 0 Å². The summed E-state index contributed by atoms with van der Waals surface area (Å²) in [6, 6.07) is 9.93. The fraction of sp³-hybridized carbons (Fsp3) is 0.676. The number of benzene rings is 2. The summed E-state index contributed by atoms with van der Waals surface area (Å²) < 4.78 is 11.7. The fourth-order valence-electron chi connectivity index (χ4n) is 9.10. The standard InChI is InChI=1S/C37H56O2P2/c1-25-21-32(22-26(2)36(25)38-6)41(33-23-27(3)37(39-7)28(4)24-33)35-20-14-19-34(35)29(5)40(30-15-10-8-11-16-30)31-17-12-9-13-18-31/h21-24,29-31,34-35H,8-20H2,1-7H3/t29-,34?,35?/m1/s1. The Morgan fingerprint density at radius 1 is 0.585 bits per heavy atom. The monoisotopic (exact) mass is 594 g/mol. The first-order valence-electron chi connectivity index (χ1n) is 16.7. The van der Waals surface area contributed by atoms with Gasteiger partial charge in [0.15, 0.2) is 0 Å². The molecule has 3 aliphatic rings. The van der Waals surface area contributed by atoms with Crippen molar-refractivity contribution >= 4 is 26.5 Å². The van der Waals surface area contributed by atoms with Gasteiger partial charge in [0.05, 0.1) is 14.2 Å². The summed E-state index contributed by atoms with van der Waals surface area (Å²) in [7, 11) is 3.23. The average Bonchev–Trinajstić information content (AvgIpc) is 3.44. The summed E-state index contributed by atoms with van der Waals surface area (Å²) in [6.07, 6.45) is 19.2. The second kappa shape index (κ2) is 14.1. The Hall–Kier alpha value is -1.10. The van der Waals surface area contributed by atoms with E-state index in [1.54, 1.807) is 10.6 Å². The van der Waals surface area contributed by atoms with Gasteiger partial charge in [0.25, 0.3) is 0 Å². The van der Waals surface area contributed by atoms with Gasteiger partial charge in [0.1, 0.15) is 11.5 Å². The summed E-state index contributed by atoms with van der Waals surface area (Å²) in [4.78, 5) is 0. The molecule has 3 saturated carbocycles. The highest BCUT2D eigenvalue weighted by atomic mass is 31.1. The van der Waals surface area contributed by atoms with E-state index < -0.39 is 7.92 Å². The molecule has 2 aromatic rings. The maximum absolute atomic E-state index is 5.83. The molecule has 2 aromatic carbocycles.